The van der Waals surface area contributed by atoms with Crippen molar-refractivity contribution in [3.63, 3.8) is 0 Å². The maximum Gasteiger partial charge on any atom is 0.108 e. The van der Waals surface area contributed by atoms with E-state index in [1.165, 1.54) is 18.4 Å². The van der Waals surface area contributed by atoms with Crippen molar-refractivity contribution in [2.45, 2.75) is 38.1 Å². The van der Waals surface area contributed by atoms with Crippen molar-refractivity contribution in [3.8, 4) is 0 Å². The molecule has 1 aromatic rings. The lowest BCUT2D eigenvalue weighted by Crippen LogP contribution is -2.50. The highest BCUT2D eigenvalue weighted by Gasteiger charge is 2.35. The number of rotatable bonds is 2. The summed E-state index contributed by atoms with van der Waals surface area (Å²) in [4.78, 5) is 4.69. The Morgan fingerprint density at radius 3 is 2.76 bits per heavy atom. The van der Waals surface area contributed by atoms with Crippen LogP contribution in [0, 0.1) is 0 Å². The third-order valence-corrected chi connectivity index (χ3v) is 4.00. The summed E-state index contributed by atoms with van der Waals surface area (Å²) < 4.78 is 0. The Balaban J connectivity index is 1.62. The molecule has 0 radical (unpaired) electrons. The van der Waals surface area contributed by atoms with Crippen LogP contribution in [-0.2, 0) is 6.54 Å². The van der Waals surface area contributed by atoms with Crippen molar-refractivity contribution in [1.29, 1.82) is 0 Å². The van der Waals surface area contributed by atoms with Crippen molar-refractivity contribution < 1.29 is 5.11 Å². The normalized spacial score (nSPS) is 30.4. The van der Waals surface area contributed by atoms with Crippen LogP contribution >= 0.6 is 0 Å². The fourth-order valence-electron chi connectivity index (χ4n) is 3.04. The van der Waals surface area contributed by atoms with E-state index in [4.69, 9.17) is 0 Å². The number of aliphatic hydroxyl groups excluding tert-OH is 1. The summed E-state index contributed by atoms with van der Waals surface area (Å²) in [6.07, 6.45) is 3.10. The highest BCUT2D eigenvalue weighted by molar-refractivity contribution is 5.14. The average molecular weight is 232 g/mol. The van der Waals surface area contributed by atoms with E-state index in [0.717, 1.165) is 26.2 Å². The predicted octanol–water partition coefficient (Wildman–Crippen LogP) is 1.63. The van der Waals surface area contributed by atoms with Gasteiger partial charge >= 0.3 is 0 Å². The zero-order valence-corrected chi connectivity index (χ0v) is 10.1. The van der Waals surface area contributed by atoms with Gasteiger partial charge in [-0.2, -0.15) is 0 Å². The van der Waals surface area contributed by atoms with E-state index in [1.807, 2.05) is 0 Å². The molecule has 17 heavy (non-hydrogen) atoms. The quantitative estimate of drug-likeness (QED) is 0.839. The molecule has 0 spiro atoms. The molecule has 0 aromatic heterocycles. The molecule has 2 fully saturated rings. The van der Waals surface area contributed by atoms with Gasteiger partial charge in [-0.1, -0.05) is 30.3 Å². The van der Waals surface area contributed by atoms with Gasteiger partial charge in [-0.25, -0.2) is 0 Å². The highest BCUT2D eigenvalue weighted by Crippen LogP contribution is 2.28. The van der Waals surface area contributed by atoms with Gasteiger partial charge in [0.15, 0.2) is 0 Å². The minimum Gasteiger partial charge on any atom is -0.378 e. The summed E-state index contributed by atoms with van der Waals surface area (Å²) in [5, 5.41) is 9.91. The number of benzene rings is 1. The first-order valence-corrected chi connectivity index (χ1v) is 6.53. The molecule has 2 heterocycles. The smallest absolute Gasteiger partial charge is 0.108 e. The molecule has 0 amide bonds. The highest BCUT2D eigenvalue weighted by atomic mass is 16.3. The SMILES string of the molecule is O[C@H]1CC[C@H]2CCN(Cc3ccccc3)CN21. The van der Waals surface area contributed by atoms with Crippen LogP contribution in [0.1, 0.15) is 24.8 Å². The van der Waals surface area contributed by atoms with Crippen LogP contribution in [-0.4, -0.2) is 40.4 Å². The van der Waals surface area contributed by atoms with Crippen LogP contribution < -0.4 is 0 Å². The van der Waals surface area contributed by atoms with E-state index in [0.29, 0.717) is 6.04 Å². The minimum atomic E-state index is -0.210. The second kappa shape index (κ2) is 4.77. The zero-order valence-electron chi connectivity index (χ0n) is 10.1. The molecule has 2 atom stereocenters. The number of aliphatic hydroxyl groups is 1. The first kappa shape index (κ1) is 11.2. The van der Waals surface area contributed by atoms with Gasteiger partial charge in [-0.3, -0.25) is 9.80 Å². The Hall–Kier alpha value is -0.900. The van der Waals surface area contributed by atoms with Gasteiger partial charge < -0.3 is 5.11 Å². The van der Waals surface area contributed by atoms with Gasteiger partial charge in [0.1, 0.15) is 6.23 Å². The standard InChI is InChI=1S/C14H20N2O/c17-14-7-6-13-8-9-15(11-16(13)14)10-12-4-2-1-3-5-12/h1-5,13-14,17H,6-11H2/t13-,14-/m0/s1. The third kappa shape index (κ3) is 2.37. The van der Waals surface area contributed by atoms with Crippen molar-refractivity contribution in [2.24, 2.45) is 0 Å². The van der Waals surface area contributed by atoms with Gasteiger partial charge in [0, 0.05) is 19.1 Å². The Kier molecular flexibility index (Phi) is 3.14. The second-order valence-electron chi connectivity index (χ2n) is 5.19. The van der Waals surface area contributed by atoms with Gasteiger partial charge in [0.2, 0.25) is 0 Å². The van der Waals surface area contributed by atoms with Crippen molar-refractivity contribution >= 4 is 0 Å². The van der Waals surface area contributed by atoms with Crippen LogP contribution in [0.2, 0.25) is 0 Å². The van der Waals surface area contributed by atoms with Crippen LogP contribution in [0.15, 0.2) is 30.3 Å². The van der Waals surface area contributed by atoms with E-state index < -0.39 is 0 Å². The number of nitrogens with zero attached hydrogens (tertiary/aromatic N) is 2. The third-order valence-electron chi connectivity index (χ3n) is 4.00. The second-order valence-corrected chi connectivity index (χ2v) is 5.19. The molecule has 0 saturated carbocycles. The van der Waals surface area contributed by atoms with Crippen molar-refractivity contribution in [2.75, 3.05) is 13.2 Å². The van der Waals surface area contributed by atoms with Crippen molar-refractivity contribution in [3.05, 3.63) is 35.9 Å². The molecule has 2 aliphatic rings. The fraction of sp³-hybridized carbons (Fsp3) is 0.571. The fourth-order valence-corrected chi connectivity index (χ4v) is 3.04. The lowest BCUT2D eigenvalue weighted by atomic mass is 10.1. The van der Waals surface area contributed by atoms with Gasteiger partial charge in [-0.05, 0) is 24.8 Å². The largest absolute Gasteiger partial charge is 0.378 e. The summed E-state index contributed by atoms with van der Waals surface area (Å²) in [5.74, 6) is 0. The molecule has 3 heteroatoms. The number of fused-ring (bicyclic) bond motifs is 1. The lowest BCUT2D eigenvalue weighted by Gasteiger charge is -2.39. The molecule has 1 N–H and O–H groups in total. The van der Waals surface area contributed by atoms with Crippen LogP contribution in [0.5, 0.6) is 0 Å². The van der Waals surface area contributed by atoms with Crippen LogP contribution in [0.4, 0.5) is 0 Å². The minimum absolute atomic E-state index is 0.210. The van der Waals surface area contributed by atoms with Crippen LogP contribution in [0.25, 0.3) is 0 Å². The summed E-state index contributed by atoms with van der Waals surface area (Å²) in [5.41, 5.74) is 1.36. The maximum absolute atomic E-state index is 9.91. The Morgan fingerprint density at radius 1 is 1.12 bits per heavy atom. The molecule has 3 nitrogen and oxygen atoms in total. The molecule has 1 aromatic carbocycles. The molecular formula is C14H20N2O. The van der Waals surface area contributed by atoms with E-state index in [-0.39, 0.29) is 6.23 Å². The number of hydrogen-bond acceptors (Lipinski definition) is 3. The van der Waals surface area contributed by atoms with E-state index in [2.05, 4.69) is 40.1 Å². The molecule has 0 unspecified atom stereocenters. The van der Waals surface area contributed by atoms with Crippen molar-refractivity contribution in [1.82, 2.24) is 9.80 Å². The Labute approximate surface area is 103 Å². The van der Waals surface area contributed by atoms with Gasteiger partial charge in [0.05, 0.1) is 6.67 Å². The Bertz CT molecular complexity index is 368. The maximum atomic E-state index is 9.91. The summed E-state index contributed by atoms with van der Waals surface area (Å²) >= 11 is 0. The van der Waals surface area contributed by atoms with E-state index in [9.17, 15) is 5.11 Å². The Morgan fingerprint density at radius 2 is 1.94 bits per heavy atom. The first-order chi connectivity index (χ1) is 8.33. The van der Waals surface area contributed by atoms with E-state index >= 15 is 0 Å². The zero-order chi connectivity index (χ0) is 11.7. The molecule has 2 saturated heterocycles. The monoisotopic (exact) mass is 232 g/mol. The van der Waals surface area contributed by atoms with Gasteiger partial charge in [0.25, 0.3) is 0 Å². The molecule has 2 aliphatic heterocycles. The summed E-state index contributed by atoms with van der Waals surface area (Å²) in [6.45, 7) is 3.07. The number of hydrogen-bond donors (Lipinski definition) is 1. The van der Waals surface area contributed by atoms with Crippen LogP contribution in [0.3, 0.4) is 0 Å². The average Bonchev–Trinajstić information content (AvgIpc) is 2.73. The molecule has 0 bridgehead atoms. The topological polar surface area (TPSA) is 26.7 Å². The first-order valence-electron chi connectivity index (χ1n) is 6.53. The molecule has 3 rings (SSSR count). The molecular weight excluding hydrogens is 212 g/mol. The lowest BCUT2D eigenvalue weighted by molar-refractivity contribution is -0.0474. The summed E-state index contributed by atoms with van der Waals surface area (Å²) in [7, 11) is 0. The van der Waals surface area contributed by atoms with Gasteiger partial charge in [-0.15, -0.1) is 0 Å². The summed E-state index contributed by atoms with van der Waals surface area (Å²) in [6, 6.07) is 11.2. The predicted molar refractivity (Wildman–Crippen MR) is 67.2 cm³/mol. The molecule has 0 aliphatic carbocycles. The molecule has 92 valence electrons. The van der Waals surface area contributed by atoms with E-state index in [1.54, 1.807) is 0 Å².